The molecular weight excluding hydrogens is 325 g/mol. The molecule has 1 amide bonds. The number of amides is 1. The maximum atomic E-state index is 12.2. The minimum atomic E-state index is 0.144. The predicted molar refractivity (Wildman–Crippen MR) is 68.4 cm³/mol. The van der Waals surface area contributed by atoms with E-state index in [1.54, 1.807) is 0 Å². The highest BCUT2D eigenvalue weighted by Gasteiger charge is 2.26. The molecule has 1 unspecified atom stereocenters. The van der Waals surface area contributed by atoms with Crippen LogP contribution in [0.15, 0.2) is 11.4 Å². The van der Waals surface area contributed by atoms with Crippen molar-refractivity contribution in [3.63, 3.8) is 0 Å². The first kappa shape index (κ1) is 11.3. The second kappa shape index (κ2) is 4.80. The number of halogens is 1. The SMILES string of the molecule is CC1COCCN1C(=O)c1sccc1I. The van der Waals surface area contributed by atoms with Gasteiger partial charge in [-0.25, -0.2) is 0 Å². The van der Waals surface area contributed by atoms with Crippen molar-refractivity contribution in [2.24, 2.45) is 0 Å². The molecule has 0 radical (unpaired) electrons. The normalized spacial score (nSPS) is 21.7. The first-order chi connectivity index (χ1) is 7.20. The zero-order valence-corrected chi connectivity index (χ0v) is 11.4. The lowest BCUT2D eigenvalue weighted by molar-refractivity contribution is 0.00381. The maximum Gasteiger partial charge on any atom is 0.265 e. The van der Waals surface area contributed by atoms with E-state index in [4.69, 9.17) is 4.74 Å². The van der Waals surface area contributed by atoms with Crippen molar-refractivity contribution in [1.29, 1.82) is 0 Å². The van der Waals surface area contributed by atoms with Gasteiger partial charge in [0.05, 0.1) is 19.3 Å². The number of hydrogen-bond acceptors (Lipinski definition) is 3. The Morgan fingerprint density at radius 2 is 2.53 bits per heavy atom. The molecule has 0 aliphatic carbocycles. The first-order valence-corrected chi connectivity index (χ1v) is 6.77. The van der Waals surface area contributed by atoms with E-state index in [9.17, 15) is 4.79 Å². The van der Waals surface area contributed by atoms with Gasteiger partial charge in [-0.15, -0.1) is 11.3 Å². The van der Waals surface area contributed by atoms with Crippen LogP contribution in [-0.4, -0.2) is 36.6 Å². The van der Waals surface area contributed by atoms with Crippen LogP contribution in [-0.2, 0) is 4.74 Å². The highest BCUT2D eigenvalue weighted by atomic mass is 127. The van der Waals surface area contributed by atoms with E-state index in [-0.39, 0.29) is 11.9 Å². The summed E-state index contributed by atoms with van der Waals surface area (Å²) in [7, 11) is 0. The van der Waals surface area contributed by atoms with Crippen molar-refractivity contribution >= 4 is 39.8 Å². The lowest BCUT2D eigenvalue weighted by Crippen LogP contribution is -2.47. The van der Waals surface area contributed by atoms with E-state index in [0.29, 0.717) is 19.8 Å². The van der Waals surface area contributed by atoms with Crippen LogP contribution in [0.25, 0.3) is 0 Å². The van der Waals surface area contributed by atoms with Gasteiger partial charge in [-0.05, 0) is 41.0 Å². The molecule has 1 aliphatic heterocycles. The van der Waals surface area contributed by atoms with Crippen LogP contribution in [0, 0.1) is 3.57 Å². The van der Waals surface area contributed by atoms with Gasteiger partial charge >= 0.3 is 0 Å². The summed E-state index contributed by atoms with van der Waals surface area (Å²) >= 11 is 3.72. The number of nitrogens with zero attached hydrogens (tertiary/aromatic N) is 1. The van der Waals surface area contributed by atoms with Crippen LogP contribution in [0.1, 0.15) is 16.6 Å². The fourth-order valence-electron chi connectivity index (χ4n) is 1.61. The standard InChI is InChI=1S/C10H12INO2S/c1-7-6-14-4-3-12(7)10(13)9-8(11)2-5-15-9/h2,5,7H,3-4,6H2,1H3. The molecule has 3 nitrogen and oxygen atoms in total. The summed E-state index contributed by atoms with van der Waals surface area (Å²) in [6.45, 7) is 4.03. The summed E-state index contributed by atoms with van der Waals surface area (Å²) in [5.74, 6) is 0.144. The zero-order valence-electron chi connectivity index (χ0n) is 8.40. The lowest BCUT2D eigenvalue weighted by Gasteiger charge is -2.33. The van der Waals surface area contributed by atoms with Crippen molar-refractivity contribution in [2.75, 3.05) is 19.8 Å². The highest BCUT2D eigenvalue weighted by Crippen LogP contribution is 2.22. The van der Waals surface area contributed by atoms with Crippen LogP contribution >= 0.6 is 33.9 Å². The number of thiophene rings is 1. The summed E-state index contributed by atoms with van der Waals surface area (Å²) in [6, 6.07) is 2.16. The summed E-state index contributed by atoms with van der Waals surface area (Å²) in [5.41, 5.74) is 0. The minimum absolute atomic E-state index is 0.144. The number of rotatable bonds is 1. The molecule has 15 heavy (non-hydrogen) atoms. The Morgan fingerprint density at radius 1 is 1.73 bits per heavy atom. The molecule has 5 heteroatoms. The van der Waals surface area contributed by atoms with Crippen LogP contribution < -0.4 is 0 Å². The Morgan fingerprint density at radius 3 is 3.13 bits per heavy atom. The Labute approximate surface area is 107 Å². The summed E-state index contributed by atoms with van der Waals surface area (Å²) < 4.78 is 6.36. The average Bonchev–Trinajstić information content (AvgIpc) is 2.64. The van der Waals surface area contributed by atoms with Gasteiger partial charge in [0.15, 0.2) is 0 Å². The van der Waals surface area contributed by atoms with E-state index in [2.05, 4.69) is 22.6 Å². The Balaban J connectivity index is 2.17. The molecule has 0 N–H and O–H groups in total. The van der Waals surface area contributed by atoms with Crippen molar-refractivity contribution in [1.82, 2.24) is 4.90 Å². The lowest BCUT2D eigenvalue weighted by atomic mass is 10.2. The number of carbonyl (C=O) groups excluding carboxylic acids is 1. The van der Waals surface area contributed by atoms with Gasteiger partial charge in [0.25, 0.3) is 5.91 Å². The smallest absolute Gasteiger partial charge is 0.265 e. The summed E-state index contributed by atoms with van der Waals surface area (Å²) in [5, 5.41) is 1.96. The maximum absolute atomic E-state index is 12.2. The second-order valence-electron chi connectivity index (χ2n) is 3.52. The van der Waals surface area contributed by atoms with Crippen molar-refractivity contribution in [3.05, 3.63) is 19.9 Å². The molecule has 1 aliphatic rings. The molecule has 82 valence electrons. The van der Waals surface area contributed by atoms with Crippen molar-refractivity contribution in [2.45, 2.75) is 13.0 Å². The Hall–Kier alpha value is -0.140. The molecule has 1 saturated heterocycles. The largest absolute Gasteiger partial charge is 0.377 e. The summed E-state index contributed by atoms with van der Waals surface area (Å²) in [4.78, 5) is 14.9. The third kappa shape index (κ3) is 2.34. The second-order valence-corrected chi connectivity index (χ2v) is 5.60. The quantitative estimate of drug-likeness (QED) is 0.736. The third-order valence-corrected chi connectivity index (χ3v) is 4.61. The van der Waals surface area contributed by atoms with Gasteiger partial charge in [0.1, 0.15) is 4.88 Å². The molecule has 1 aromatic heterocycles. The molecule has 0 saturated carbocycles. The topological polar surface area (TPSA) is 29.5 Å². The van der Waals surface area contributed by atoms with Gasteiger partial charge in [0, 0.05) is 10.1 Å². The van der Waals surface area contributed by atoms with Gasteiger partial charge in [-0.3, -0.25) is 4.79 Å². The van der Waals surface area contributed by atoms with Crippen LogP contribution in [0.2, 0.25) is 0 Å². The molecule has 2 rings (SSSR count). The Kier molecular flexibility index (Phi) is 3.63. The number of hydrogen-bond donors (Lipinski definition) is 0. The fraction of sp³-hybridized carbons (Fsp3) is 0.500. The van der Waals surface area contributed by atoms with E-state index in [0.717, 1.165) is 8.45 Å². The summed E-state index contributed by atoms with van der Waals surface area (Å²) in [6.07, 6.45) is 0. The van der Waals surface area contributed by atoms with Gasteiger partial charge in [-0.2, -0.15) is 0 Å². The molecule has 0 aromatic carbocycles. The third-order valence-electron chi connectivity index (χ3n) is 2.44. The average molecular weight is 337 g/mol. The van der Waals surface area contributed by atoms with Crippen molar-refractivity contribution in [3.8, 4) is 0 Å². The van der Waals surface area contributed by atoms with Crippen LogP contribution in [0.5, 0.6) is 0 Å². The number of morpholine rings is 1. The predicted octanol–water partition coefficient (Wildman–Crippen LogP) is 2.21. The van der Waals surface area contributed by atoms with E-state index >= 15 is 0 Å². The highest BCUT2D eigenvalue weighted by molar-refractivity contribution is 14.1. The van der Waals surface area contributed by atoms with Gasteiger partial charge in [0.2, 0.25) is 0 Å². The first-order valence-electron chi connectivity index (χ1n) is 4.82. The van der Waals surface area contributed by atoms with E-state index in [1.807, 2.05) is 23.3 Å². The molecule has 1 fully saturated rings. The fourth-order valence-corrected chi connectivity index (χ4v) is 3.38. The van der Waals surface area contributed by atoms with E-state index in [1.165, 1.54) is 11.3 Å². The van der Waals surface area contributed by atoms with E-state index < -0.39 is 0 Å². The molecule has 0 spiro atoms. The van der Waals surface area contributed by atoms with Gasteiger partial charge in [-0.1, -0.05) is 0 Å². The van der Waals surface area contributed by atoms with Crippen molar-refractivity contribution < 1.29 is 9.53 Å². The molecule has 1 aromatic rings. The number of carbonyl (C=O) groups is 1. The molecule has 2 heterocycles. The monoisotopic (exact) mass is 337 g/mol. The minimum Gasteiger partial charge on any atom is -0.377 e. The van der Waals surface area contributed by atoms with Crippen LogP contribution in [0.4, 0.5) is 0 Å². The number of ether oxygens (including phenoxy) is 1. The van der Waals surface area contributed by atoms with Crippen LogP contribution in [0.3, 0.4) is 0 Å². The molecule has 1 atom stereocenters. The van der Waals surface area contributed by atoms with Gasteiger partial charge < -0.3 is 9.64 Å². The molecular formula is C10H12INO2S. The Bertz CT molecular complexity index is 366. The zero-order chi connectivity index (χ0) is 10.8. The molecule has 0 bridgehead atoms.